The van der Waals surface area contributed by atoms with Crippen molar-refractivity contribution in [2.24, 2.45) is 0 Å². The lowest BCUT2D eigenvalue weighted by Gasteiger charge is -2.11. The predicted molar refractivity (Wildman–Crippen MR) is 122 cm³/mol. The van der Waals surface area contributed by atoms with Crippen LogP contribution in [0.3, 0.4) is 0 Å². The van der Waals surface area contributed by atoms with E-state index in [1.54, 1.807) is 13.1 Å². The number of carboxylic acid groups (broad SMARTS) is 1. The fourth-order valence-corrected chi connectivity index (χ4v) is 3.53. The highest BCUT2D eigenvalue weighted by Gasteiger charge is 2.13. The van der Waals surface area contributed by atoms with Gasteiger partial charge in [-0.2, -0.15) is 5.10 Å². The molecule has 0 saturated heterocycles. The quantitative estimate of drug-likeness (QED) is 0.416. The molecule has 0 aliphatic rings. The van der Waals surface area contributed by atoms with Gasteiger partial charge >= 0.3 is 5.97 Å². The molecule has 6 heteroatoms. The van der Waals surface area contributed by atoms with Crippen LogP contribution in [0.25, 0.3) is 10.9 Å². The minimum atomic E-state index is -0.864. The van der Waals surface area contributed by atoms with Crippen molar-refractivity contribution in [1.82, 2.24) is 14.8 Å². The average Bonchev–Trinajstić information content (AvgIpc) is 3.19. The molecule has 0 aliphatic carbocycles. The molecule has 0 amide bonds. The normalized spacial score (nSPS) is 11.5. The van der Waals surface area contributed by atoms with E-state index in [0.717, 1.165) is 33.3 Å². The summed E-state index contributed by atoms with van der Waals surface area (Å²) in [5.74, 6) is 5.29. The molecule has 2 aromatic heterocycles. The lowest BCUT2D eigenvalue weighted by atomic mass is 9.96. The number of fused-ring (bicyclic) bond motifs is 1. The van der Waals surface area contributed by atoms with Crippen molar-refractivity contribution in [2.75, 3.05) is 0 Å². The molecular formula is C26H23N3O3. The standard InChI is InChI=1S/C26H23N3O3/c1-2-4-22(14-26(30)31)21-8-10-24(11-9-21)32-18-19-6-7-23-17-29(28-25(23)13-19)16-20-5-3-12-27-15-20/h3,5-13,15,17,22H,14,16,18H2,1H3,(H,30,31). The number of carbonyl (C=O) groups is 1. The van der Waals surface area contributed by atoms with Gasteiger partial charge in [0.15, 0.2) is 0 Å². The predicted octanol–water partition coefficient (Wildman–Crippen LogP) is 4.64. The summed E-state index contributed by atoms with van der Waals surface area (Å²) in [5.41, 5.74) is 3.91. The van der Waals surface area contributed by atoms with Gasteiger partial charge in [0.2, 0.25) is 0 Å². The van der Waals surface area contributed by atoms with Crippen LogP contribution in [0.4, 0.5) is 0 Å². The second kappa shape index (κ2) is 9.80. The molecule has 6 nitrogen and oxygen atoms in total. The van der Waals surface area contributed by atoms with Gasteiger partial charge < -0.3 is 9.84 Å². The van der Waals surface area contributed by atoms with E-state index in [1.165, 1.54) is 0 Å². The minimum Gasteiger partial charge on any atom is -0.489 e. The maximum atomic E-state index is 11.1. The van der Waals surface area contributed by atoms with E-state index in [-0.39, 0.29) is 12.3 Å². The molecule has 1 atom stereocenters. The second-order valence-electron chi connectivity index (χ2n) is 7.48. The molecular weight excluding hydrogens is 402 g/mol. The van der Waals surface area contributed by atoms with Crippen LogP contribution in [-0.2, 0) is 17.9 Å². The van der Waals surface area contributed by atoms with E-state index in [2.05, 4.69) is 21.9 Å². The van der Waals surface area contributed by atoms with Gasteiger partial charge in [-0.3, -0.25) is 14.5 Å². The molecule has 0 bridgehead atoms. The van der Waals surface area contributed by atoms with Gasteiger partial charge in [-0.15, -0.1) is 5.92 Å². The second-order valence-corrected chi connectivity index (χ2v) is 7.48. The topological polar surface area (TPSA) is 77.2 Å². The van der Waals surface area contributed by atoms with Gasteiger partial charge in [-0.05, 0) is 47.9 Å². The van der Waals surface area contributed by atoms with Crippen LogP contribution in [0.15, 0.2) is 73.2 Å². The minimum absolute atomic E-state index is 0.0194. The van der Waals surface area contributed by atoms with E-state index in [9.17, 15) is 4.79 Å². The van der Waals surface area contributed by atoms with E-state index in [0.29, 0.717) is 13.2 Å². The first-order valence-electron chi connectivity index (χ1n) is 10.3. The van der Waals surface area contributed by atoms with Crippen molar-refractivity contribution in [1.29, 1.82) is 0 Å². The molecule has 32 heavy (non-hydrogen) atoms. The largest absolute Gasteiger partial charge is 0.489 e. The maximum absolute atomic E-state index is 11.1. The summed E-state index contributed by atoms with van der Waals surface area (Å²) in [6.45, 7) is 2.80. The van der Waals surface area contributed by atoms with Crippen LogP contribution < -0.4 is 4.74 Å². The SMILES string of the molecule is CC#CC(CC(=O)O)c1ccc(OCc2ccc3cn(Cc4cccnc4)nc3c2)cc1. The Morgan fingerprint density at radius 2 is 2.00 bits per heavy atom. The number of nitrogens with zero attached hydrogens (tertiary/aromatic N) is 3. The Kier molecular flexibility index (Phi) is 6.47. The van der Waals surface area contributed by atoms with Crippen LogP contribution >= 0.6 is 0 Å². The Morgan fingerprint density at radius 3 is 2.72 bits per heavy atom. The molecule has 2 aromatic carbocycles. The summed E-state index contributed by atoms with van der Waals surface area (Å²) in [6.07, 6.45) is 5.61. The van der Waals surface area contributed by atoms with Crippen molar-refractivity contribution in [3.63, 3.8) is 0 Å². The first-order chi connectivity index (χ1) is 15.6. The number of ether oxygens (including phenoxy) is 1. The summed E-state index contributed by atoms with van der Waals surface area (Å²) in [7, 11) is 0. The summed E-state index contributed by atoms with van der Waals surface area (Å²) >= 11 is 0. The zero-order chi connectivity index (χ0) is 22.3. The van der Waals surface area contributed by atoms with Gasteiger partial charge in [0.05, 0.1) is 24.4 Å². The zero-order valence-electron chi connectivity index (χ0n) is 17.7. The van der Waals surface area contributed by atoms with Crippen LogP contribution in [0.2, 0.25) is 0 Å². The molecule has 0 spiro atoms. The summed E-state index contributed by atoms with van der Waals surface area (Å²) in [4.78, 5) is 15.2. The Bertz CT molecular complexity index is 1270. The third kappa shape index (κ3) is 5.32. The highest BCUT2D eigenvalue weighted by Crippen LogP contribution is 2.23. The van der Waals surface area contributed by atoms with Crippen LogP contribution in [0.5, 0.6) is 5.75 Å². The molecule has 4 aromatic rings. The number of carboxylic acids is 1. The summed E-state index contributed by atoms with van der Waals surface area (Å²) in [6, 6.07) is 17.5. The molecule has 160 valence electrons. The molecule has 4 rings (SSSR count). The number of hydrogen-bond donors (Lipinski definition) is 1. The summed E-state index contributed by atoms with van der Waals surface area (Å²) < 4.78 is 7.84. The van der Waals surface area contributed by atoms with E-state index < -0.39 is 5.97 Å². The van der Waals surface area contributed by atoms with Crippen molar-refractivity contribution >= 4 is 16.9 Å². The fourth-order valence-electron chi connectivity index (χ4n) is 3.53. The van der Waals surface area contributed by atoms with Gasteiger partial charge in [0.1, 0.15) is 12.4 Å². The number of hydrogen-bond acceptors (Lipinski definition) is 4. The Balaban J connectivity index is 1.41. The van der Waals surface area contributed by atoms with Gasteiger partial charge in [0.25, 0.3) is 0 Å². The number of aromatic nitrogens is 3. The molecule has 0 saturated carbocycles. The zero-order valence-corrected chi connectivity index (χ0v) is 17.7. The smallest absolute Gasteiger partial charge is 0.304 e. The molecule has 0 fully saturated rings. The number of aliphatic carboxylic acids is 1. The Hall–Kier alpha value is -4.11. The Labute approximate surface area is 186 Å². The highest BCUT2D eigenvalue weighted by atomic mass is 16.5. The molecule has 0 aliphatic heterocycles. The number of benzene rings is 2. The van der Waals surface area contributed by atoms with E-state index in [1.807, 2.05) is 71.7 Å². The van der Waals surface area contributed by atoms with Gasteiger partial charge in [-0.25, -0.2) is 0 Å². The number of pyridine rings is 1. The number of rotatable bonds is 8. The maximum Gasteiger partial charge on any atom is 0.304 e. The van der Waals surface area contributed by atoms with Crippen LogP contribution in [-0.4, -0.2) is 25.8 Å². The third-order valence-corrected chi connectivity index (χ3v) is 5.07. The molecule has 2 heterocycles. The van der Waals surface area contributed by atoms with E-state index in [4.69, 9.17) is 9.84 Å². The van der Waals surface area contributed by atoms with Gasteiger partial charge in [0, 0.05) is 24.0 Å². The van der Waals surface area contributed by atoms with E-state index >= 15 is 0 Å². The molecule has 1 unspecified atom stereocenters. The average molecular weight is 425 g/mol. The lowest BCUT2D eigenvalue weighted by molar-refractivity contribution is -0.137. The van der Waals surface area contributed by atoms with Crippen molar-refractivity contribution < 1.29 is 14.6 Å². The Morgan fingerprint density at radius 1 is 1.16 bits per heavy atom. The molecule has 1 N–H and O–H groups in total. The first kappa shape index (κ1) is 21.1. The van der Waals surface area contributed by atoms with Crippen molar-refractivity contribution in [3.05, 3.63) is 89.9 Å². The van der Waals surface area contributed by atoms with Crippen molar-refractivity contribution in [3.8, 4) is 17.6 Å². The van der Waals surface area contributed by atoms with Crippen LogP contribution in [0, 0.1) is 11.8 Å². The van der Waals surface area contributed by atoms with Gasteiger partial charge in [-0.1, -0.05) is 36.3 Å². The first-order valence-corrected chi connectivity index (χ1v) is 10.3. The summed E-state index contributed by atoms with van der Waals surface area (Å²) in [5, 5.41) is 14.8. The fraction of sp³-hybridized carbons (Fsp3) is 0.192. The monoisotopic (exact) mass is 425 g/mol. The third-order valence-electron chi connectivity index (χ3n) is 5.07. The molecule has 0 radical (unpaired) electrons. The highest BCUT2D eigenvalue weighted by molar-refractivity contribution is 5.78. The lowest BCUT2D eigenvalue weighted by Crippen LogP contribution is -2.04. The van der Waals surface area contributed by atoms with Crippen molar-refractivity contribution in [2.45, 2.75) is 32.4 Å². The van der Waals surface area contributed by atoms with Crippen LogP contribution in [0.1, 0.15) is 36.0 Å².